The van der Waals surface area contributed by atoms with E-state index in [0.29, 0.717) is 27.3 Å². The minimum atomic E-state index is -0.0746. The molecule has 1 aromatic heterocycles. The summed E-state index contributed by atoms with van der Waals surface area (Å²) in [6.45, 7) is 1.70. The topological polar surface area (TPSA) is 30.2 Å². The van der Waals surface area contributed by atoms with Gasteiger partial charge in [-0.1, -0.05) is 11.6 Å². The summed E-state index contributed by atoms with van der Waals surface area (Å²) in [5.41, 5.74) is 0.986. The summed E-state index contributed by atoms with van der Waals surface area (Å²) in [5.74, 6) is 0.705. The summed E-state index contributed by atoms with van der Waals surface area (Å²) in [6.07, 6.45) is 0. The molecule has 0 bridgehead atoms. The van der Waals surface area contributed by atoms with Crippen molar-refractivity contribution in [3.8, 4) is 0 Å². The summed E-state index contributed by atoms with van der Waals surface area (Å²) in [7, 11) is 0. The summed E-state index contributed by atoms with van der Waals surface area (Å²) in [5, 5.41) is 1.02. The lowest BCUT2D eigenvalue weighted by Gasteiger charge is -2.03. The van der Waals surface area contributed by atoms with E-state index in [2.05, 4.69) is 0 Å². The zero-order valence-corrected chi connectivity index (χ0v) is 9.52. The standard InChI is InChI=1S/C11H8Cl2O2/c1-6-10(5-12)15-9-3-2-7(13)4-8(9)11(6)14/h2-4H,5H2,1H3. The van der Waals surface area contributed by atoms with Crippen molar-refractivity contribution in [2.75, 3.05) is 0 Å². The summed E-state index contributed by atoms with van der Waals surface area (Å²) < 4.78 is 5.49. The monoisotopic (exact) mass is 242 g/mol. The smallest absolute Gasteiger partial charge is 0.195 e. The van der Waals surface area contributed by atoms with Crippen LogP contribution in [0.2, 0.25) is 5.02 Å². The Morgan fingerprint density at radius 1 is 1.40 bits per heavy atom. The van der Waals surface area contributed by atoms with Crippen LogP contribution in [-0.2, 0) is 5.88 Å². The van der Waals surface area contributed by atoms with Crippen molar-refractivity contribution in [2.24, 2.45) is 0 Å². The van der Waals surface area contributed by atoms with Crippen LogP contribution in [0.1, 0.15) is 11.3 Å². The van der Waals surface area contributed by atoms with E-state index in [0.717, 1.165) is 0 Å². The van der Waals surface area contributed by atoms with Gasteiger partial charge in [-0.2, -0.15) is 0 Å². The fourth-order valence-corrected chi connectivity index (χ4v) is 1.86. The first-order chi connectivity index (χ1) is 7.13. The molecular weight excluding hydrogens is 235 g/mol. The molecule has 1 aromatic carbocycles. The van der Waals surface area contributed by atoms with E-state index >= 15 is 0 Å². The quantitative estimate of drug-likeness (QED) is 0.717. The fourth-order valence-electron chi connectivity index (χ4n) is 1.43. The molecule has 0 aliphatic carbocycles. The van der Waals surface area contributed by atoms with Crippen LogP contribution in [0.15, 0.2) is 27.4 Å². The highest BCUT2D eigenvalue weighted by atomic mass is 35.5. The SMILES string of the molecule is Cc1c(CCl)oc2ccc(Cl)cc2c1=O. The van der Waals surface area contributed by atoms with E-state index in [1.54, 1.807) is 25.1 Å². The third kappa shape index (κ3) is 1.75. The van der Waals surface area contributed by atoms with Gasteiger partial charge >= 0.3 is 0 Å². The van der Waals surface area contributed by atoms with Gasteiger partial charge in [-0.3, -0.25) is 4.79 Å². The predicted molar refractivity (Wildman–Crippen MR) is 61.8 cm³/mol. The van der Waals surface area contributed by atoms with E-state index < -0.39 is 0 Å². The predicted octanol–water partition coefficient (Wildman–Crippen LogP) is 3.49. The fraction of sp³-hybridized carbons (Fsp3) is 0.182. The van der Waals surface area contributed by atoms with Crippen molar-refractivity contribution in [3.63, 3.8) is 0 Å². The van der Waals surface area contributed by atoms with E-state index in [9.17, 15) is 4.79 Å². The largest absolute Gasteiger partial charge is 0.459 e. The first kappa shape index (κ1) is 10.5. The Hall–Kier alpha value is -0.990. The Morgan fingerprint density at radius 2 is 2.13 bits per heavy atom. The average Bonchev–Trinajstić information content (AvgIpc) is 2.24. The third-order valence-corrected chi connectivity index (χ3v) is 2.78. The van der Waals surface area contributed by atoms with Crippen molar-refractivity contribution < 1.29 is 4.42 Å². The van der Waals surface area contributed by atoms with E-state index in [1.165, 1.54) is 0 Å². The van der Waals surface area contributed by atoms with Gasteiger partial charge in [-0.15, -0.1) is 11.6 Å². The molecule has 0 spiro atoms. The number of fused-ring (bicyclic) bond motifs is 1. The van der Waals surface area contributed by atoms with E-state index in [1.807, 2.05) is 0 Å². The van der Waals surface area contributed by atoms with Gasteiger partial charge in [-0.05, 0) is 25.1 Å². The first-order valence-corrected chi connectivity index (χ1v) is 5.32. The summed E-state index contributed by atoms with van der Waals surface area (Å²) in [4.78, 5) is 11.9. The van der Waals surface area contributed by atoms with Crippen LogP contribution >= 0.6 is 23.2 Å². The van der Waals surface area contributed by atoms with Crippen LogP contribution in [0, 0.1) is 6.92 Å². The van der Waals surface area contributed by atoms with Crippen molar-refractivity contribution in [1.29, 1.82) is 0 Å². The number of hydrogen-bond acceptors (Lipinski definition) is 2. The lowest BCUT2D eigenvalue weighted by Crippen LogP contribution is -2.08. The Kier molecular flexibility index (Phi) is 2.72. The molecule has 0 aliphatic rings. The van der Waals surface area contributed by atoms with Gasteiger partial charge in [-0.25, -0.2) is 0 Å². The minimum Gasteiger partial charge on any atom is -0.459 e. The van der Waals surface area contributed by atoms with Crippen LogP contribution in [0.25, 0.3) is 11.0 Å². The maximum atomic E-state index is 11.9. The highest BCUT2D eigenvalue weighted by Gasteiger charge is 2.09. The molecule has 0 amide bonds. The molecule has 2 rings (SSSR count). The van der Waals surface area contributed by atoms with Gasteiger partial charge < -0.3 is 4.42 Å². The molecule has 0 aliphatic heterocycles. The van der Waals surface area contributed by atoms with E-state index in [4.69, 9.17) is 27.6 Å². The highest BCUT2D eigenvalue weighted by molar-refractivity contribution is 6.31. The van der Waals surface area contributed by atoms with Crippen LogP contribution in [-0.4, -0.2) is 0 Å². The van der Waals surface area contributed by atoms with E-state index in [-0.39, 0.29) is 11.3 Å². The molecule has 78 valence electrons. The molecule has 0 atom stereocenters. The molecule has 0 saturated heterocycles. The van der Waals surface area contributed by atoms with Crippen LogP contribution < -0.4 is 5.43 Å². The van der Waals surface area contributed by atoms with Crippen LogP contribution in [0.4, 0.5) is 0 Å². The van der Waals surface area contributed by atoms with Crippen molar-refractivity contribution in [2.45, 2.75) is 12.8 Å². The second kappa shape index (κ2) is 3.87. The number of rotatable bonds is 1. The molecule has 0 fully saturated rings. The Labute approximate surface area is 96.4 Å². The van der Waals surface area contributed by atoms with Gasteiger partial charge in [0.15, 0.2) is 5.43 Å². The number of benzene rings is 1. The second-order valence-electron chi connectivity index (χ2n) is 3.25. The van der Waals surface area contributed by atoms with Gasteiger partial charge in [0, 0.05) is 10.6 Å². The van der Waals surface area contributed by atoms with Gasteiger partial charge in [0.2, 0.25) is 0 Å². The van der Waals surface area contributed by atoms with Crippen LogP contribution in [0.5, 0.6) is 0 Å². The normalized spacial score (nSPS) is 10.9. The summed E-state index contributed by atoms with van der Waals surface area (Å²) in [6, 6.07) is 4.96. The number of hydrogen-bond donors (Lipinski definition) is 0. The molecule has 0 N–H and O–H groups in total. The lowest BCUT2D eigenvalue weighted by molar-refractivity contribution is 0.553. The zero-order valence-electron chi connectivity index (χ0n) is 8.01. The molecular formula is C11H8Cl2O2. The summed E-state index contributed by atoms with van der Waals surface area (Å²) >= 11 is 11.5. The number of halogens is 2. The molecule has 2 aromatic rings. The number of alkyl halides is 1. The molecule has 0 unspecified atom stereocenters. The Bertz CT molecular complexity index is 573. The zero-order chi connectivity index (χ0) is 11.0. The van der Waals surface area contributed by atoms with Gasteiger partial charge in [0.05, 0.1) is 11.3 Å². The molecule has 15 heavy (non-hydrogen) atoms. The molecule has 0 saturated carbocycles. The highest BCUT2D eigenvalue weighted by Crippen LogP contribution is 2.20. The third-order valence-electron chi connectivity index (χ3n) is 2.30. The first-order valence-electron chi connectivity index (χ1n) is 4.41. The van der Waals surface area contributed by atoms with Crippen molar-refractivity contribution in [3.05, 3.63) is 44.8 Å². The van der Waals surface area contributed by atoms with Crippen LogP contribution in [0.3, 0.4) is 0 Å². The maximum absolute atomic E-state index is 11.9. The van der Waals surface area contributed by atoms with Gasteiger partial charge in [0.25, 0.3) is 0 Å². The second-order valence-corrected chi connectivity index (χ2v) is 3.96. The molecule has 4 heteroatoms. The Balaban J connectivity index is 2.91. The molecule has 2 nitrogen and oxygen atoms in total. The Morgan fingerprint density at radius 3 is 2.80 bits per heavy atom. The minimum absolute atomic E-state index is 0.0746. The lowest BCUT2D eigenvalue weighted by atomic mass is 10.1. The molecule has 0 radical (unpaired) electrons. The average molecular weight is 243 g/mol. The van der Waals surface area contributed by atoms with Crippen molar-refractivity contribution >= 4 is 34.2 Å². The van der Waals surface area contributed by atoms with Gasteiger partial charge in [0.1, 0.15) is 11.3 Å². The maximum Gasteiger partial charge on any atom is 0.195 e. The van der Waals surface area contributed by atoms with Crippen molar-refractivity contribution in [1.82, 2.24) is 0 Å². The molecule has 1 heterocycles.